The van der Waals surface area contributed by atoms with E-state index in [4.69, 9.17) is 10.7 Å². The molecule has 1 saturated heterocycles. The average Bonchev–Trinajstić information content (AvgIpc) is 2.78. The summed E-state index contributed by atoms with van der Waals surface area (Å²) in [5.41, 5.74) is 11.3. The van der Waals surface area contributed by atoms with Gasteiger partial charge in [-0.2, -0.15) is 0 Å². The first-order valence-electron chi connectivity index (χ1n) is 8.85. The molecule has 2 aromatic heterocycles. The first-order chi connectivity index (χ1) is 11.8. The van der Waals surface area contributed by atoms with E-state index in [1.165, 1.54) is 50.0 Å². The first kappa shape index (κ1) is 15.2. The van der Waals surface area contributed by atoms with Crippen molar-refractivity contribution in [3.05, 3.63) is 54.4 Å². The van der Waals surface area contributed by atoms with Crippen molar-refractivity contribution in [2.24, 2.45) is 0 Å². The van der Waals surface area contributed by atoms with Crippen LogP contribution >= 0.6 is 0 Å². The average molecular weight is 320 g/mol. The zero-order chi connectivity index (χ0) is 16.4. The Bertz CT molecular complexity index is 814. The Morgan fingerprint density at radius 2 is 1.67 bits per heavy atom. The second kappa shape index (κ2) is 6.65. The molecule has 1 aliphatic heterocycles. The molecule has 1 fully saturated rings. The lowest BCUT2D eigenvalue weighted by atomic mass is 10.1. The minimum absolute atomic E-state index is 0.775. The molecule has 4 heteroatoms. The maximum absolute atomic E-state index is 6.04. The minimum Gasteiger partial charge on any atom is -0.398 e. The number of fused-ring (bicyclic) bond motifs is 1. The highest BCUT2D eigenvalue weighted by Gasteiger charge is 2.18. The van der Waals surface area contributed by atoms with Crippen molar-refractivity contribution < 1.29 is 0 Å². The van der Waals surface area contributed by atoms with Crippen LogP contribution in [-0.4, -0.2) is 27.4 Å². The highest BCUT2D eigenvalue weighted by atomic mass is 15.2. The van der Waals surface area contributed by atoms with Crippen molar-refractivity contribution in [1.29, 1.82) is 0 Å². The van der Waals surface area contributed by atoms with Gasteiger partial charge in [0.05, 0.1) is 11.4 Å². The molecule has 1 aliphatic rings. The number of rotatable bonds is 3. The molecule has 0 radical (unpaired) electrons. The largest absolute Gasteiger partial charge is 0.398 e. The zero-order valence-corrected chi connectivity index (χ0v) is 14.0. The van der Waals surface area contributed by atoms with Crippen LogP contribution in [0.3, 0.4) is 0 Å². The van der Waals surface area contributed by atoms with Gasteiger partial charge in [0.15, 0.2) is 0 Å². The Hall–Kier alpha value is -2.33. The van der Waals surface area contributed by atoms with Gasteiger partial charge in [0, 0.05) is 24.0 Å². The van der Waals surface area contributed by atoms with Crippen LogP contribution in [0.4, 0.5) is 5.69 Å². The van der Waals surface area contributed by atoms with E-state index in [0.29, 0.717) is 0 Å². The molecule has 24 heavy (non-hydrogen) atoms. The third-order valence-corrected chi connectivity index (χ3v) is 4.86. The van der Waals surface area contributed by atoms with Crippen LogP contribution in [0.5, 0.6) is 0 Å². The molecular formula is C20H24N4. The normalized spacial score (nSPS) is 16.3. The van der Waals surface area contributed by atoms with Gasteiger partial charge in [-0.15, -0.1) is 0 Å². The highest BCUT2D eigenvalue weighted by molar-refractivity contribution is 5.67. The fourth-order valence-electron chi connectivity index (χ4n) is 3.59. The molecule has 124 valence electrons. The number of nitrogens with two attached hydrogens (primary N) is 1. The lowest BCUT2D eigenvalue weighted by Crippen LogP contribution is -2.25. The lowest BCUT2D eigenvalue weighted by molar-refractivity contribution is 0.273. The van der Waals surface area contributed by atoms with Gasteiger partial charge >= 0.3 is 0 Å². The number of anilines is 1. The quantitative estimate of drug-likeness (QED) is 0.794. The van der Waals surface area contributed by atoms with Crippen LogP contribution in [0, 0.1) is 0 Å². The Balaban J connectivity index is 1.79. The Morgan fingerprint density at radius 1 is 0.917 bits per heavy atom. The summed E-state index contributed by atoms with van der Waals surface area (Å²) in [5.74, 6) is 0. The third-order valence-electron chi connectivity index (χ3n) is 4.86. The second-order valence-electron chi connectivity index (χ2n) is 6.65. The van der Waals surface area contributed by atoms with Gasteiger partial charge in [0.25, 0.3) is 0 Å². The van der Waals surface area contributed by atoms with E-state index in [2.05, 4.69) is 33.6 Å². The van der Waals surface area contributed by atoms with Gasteiger partial charge < -0.3 is 10.1 Å². The van der Waals surface area contributed by atoms with E-state index >= 15 is 0 Å². The predicted octanol–water partition coefficient (Wildman–Crippen LogP) is 3.96. The molecule has 0 bridgehead atoms. The fourth-order valence-corrected chi connectivity index (χ4v) is 3.59. The van der Waals surface area contributed by atoms with Gasteiger partial charge in [0.1, 0.15) is 5.65 Å². The van der Waals surface area contributed by atoms with E-state index < -0.39 is 0 Å². The molecule has 0 saturated carbocycles. The van der Waals surface area contributed by atoms with E-state index in [-0.39, 0.29) is 0 Å². The van der Waals surface area contributed by atoms with Gasteiger partial charge in [-0.1, -0.05) is 43.2 Å². The fraction of sp³-hybridized carbons (Fsp3) is 0.350. The molecule has 0 amide bonds. The molecular weight excluding hydrogens is 296 g/mol. The van der Waals surface area contributed by atoms with Gasteiger partial charge in [-0.25, -0.2) is 4.98 Å². The van der Waals surface area contributed by atoms with Crippen LogP contribution in [0.2, 0.25) is 0 Å². The van der Waals surface area contributed by atoms with Crippen LogP contribution in [0.1, 0.15) is 31.4 Å². The number of aromatic nitrogens is 2. The minimum atomic E-state index is 0.775. The molecule has 0 atom stereocenters. The monoisotopic (exact) mass is 320 g/mol. The number of hydrogen-bond donors (Lipinski definition) is 1. The summed E-state index contributed by atoms with van der Waals surface area (Å²) in [5, 5.41) is 0. The van der Waals surface area contributed by atoms with Crippen molar-refractivity contribution in [1.82, 2.24) is 14.3 Å². The highest BCUT2D eigenvalue weighted by Crippen LogP contribution is 2.27. The molecule has 1 aromatic carbocycles. The number of imidazole rings is 1. The van der Waals surface area contributed by atoms with Crippen molar-refractivity contribution >= 4 is 11.3 Å². The van der Waals surface area contributed by atoms with E-state index in [9.17, 15) is 0 Å². The topological polar surface area (TPSA) is 46.6 Å². The van der Waals surface area contributed by atoms with Crippen molar-refractivity contribution in [3.63, 3.8) is 0 Å². The van der Waals surface area contributed by atoms with Crippen molar-refractivity contribution in [3.8, 4) is 11.3 Å². The van der Waals surface area contributed by atoms with Gasteiger partial charge in [-0.05, 0) is 38.1 Å². The summed E-state index contributed by atoms with van der Waals surface area (Å²) >= 11 is 0. The zero-order valence-electron chi connectivity index (χ0n) is 14.0. The number of likely N-dealkylation sites (tertiary alicyclic amines) is 1. The van der Waals surface area contributed by atoms with E-state index in [1.54, 1.807) is 0 Å². The number of nitrogen functional groups attached to an aromatic ring is 1. The summed E-state index contributed by atoms with van der Waals surface area (Å²) < 4.78 is 2.17. The molecule has 4 rings (SSSR count). The first-order valence-corrected chi connectivity index (χ1v) is 8.85. The van der Waals surface area contributed by atoms with Crippen LogP contribution < -0.4 is 5.73 Å². The second-order valence-corrected chi connectivity index (χ2v) is 6.65. The maximum atomic E-state index is 6.04. The standard InChI is InChI=1S/C20H24N4/c21-17-10-11-19-22-20(16-8-4-3-5-9-16)18(24(19)14-17)15-23-12-6-1-2-7-13-23/h3-5,8-11,14H,1-2,6-7,12-13,15,21H2. The summed E-state index contributed by atoms with van der Waals surface area (Å²) in [6.07, 6.45) is 7.28. The van der Waals surface area contributed by atoms with E-state index in [1.807, 2.05) is 24.4 Å². The Labute approximate surface area is 142 Å². The molecule has 3 aromatic rings. The van der Waals surface area contributed by atoms with Crippen molar-refractivity contribution in [2.45, 2.75) is 32.2 Å². The number of pyridine rings is 1. The number of benzene rings is 1. The Kier molecular flexibility index (Phi) is 4.22. The van der Waals surface area contributed by atoms with Crippen molar-refractivity contribution in [2.75, 3.05) is 18.8 Å². The summed E-state index contributed by atoms with van der Waals surface area (Å²) in [6, 6.07) is 14.4. The van der Waals surface area contributed by atoms with Gasteiger partial charge in [-0.3, -0.25) is 4.90 Å². The molecule has 2 N–H and O–H groups in total. The van der Waals surface area contributed by atoms with Crippen LogP contribution in [0.15, 0.2) is 48.7 Å². The molecule has 4 nitrogen and oxygen atoms in total. The SMILES string of the molecule is Nc1ccc2nc(-c3ccccc3)c(CN3CCCCCC3)n2c1. The maximum Gasteiger partial charge on any atom is 0.137 e. The predicted molar refractivity (Wildman–Crippen MR) is 98.8 cm³/mol. The summed E-state index contributed by atoms with van der Waals surface area (Å²) in [4.78, 5) is 7.46. The number of hydrogen-bond acceptors (Lipinski definition) is 3. The summed E-state index contributed by atoms with van der Waals surface area (Å²) in [7, 11) is 0. The summed E-state index contributed by atoms with van der Waals surface area (Å²) in [6.45, 7) is 3.27. The smallest absolute Gasteiger partial charge is 0.137 e. The lowest BCUT2D eigenvalue weighted by Gasteiger charge is -2.20. The third kappa shape index (κ3) is 3.02. The van der Waals surface area contributed by atoms with Crippen LogP contribution in [-0.2, 0) is 6.54 Å². The number of nitrogens with zero attached hydrogens (tertiary/aromatic N) is 3. The molecule has 0 aliphatic carbocycles. The van der Waals surface area contributed by atoms with Gasteiger partial charge in [0.2, 0.25) is 0 Å². The molecule has 0 spiro atoms. The Morgan fingerprint density at radius 3 is 2.42 bits per heavy atom. The molecule has 3 heterocycles. The molecule has 0 unspecified atom stereocenters. The van der Waals surface area contributed by atoms with Crippen LogP contribution in [0.25, 0.3) is 16.9 Å². The van der Waals surface area contributed by atoms with E-state index in [0.717, 1.165) is 23.6 Å².